The van der Waals surface area contributed by atoms with Crippen LogP contribution in [-0.4, -0.2) is 64.5 Å². The number of carbonyl (C=O) groups is 1. The van der Waals surface area contributed by atoms with Crippen LogP contribution in [0.1, 0.15) is 6.92 Å². The third-order valence-corrected chi connectivity index (χ3v) is 0.235. The van der Waals surface area contributed by atoms with Crippen LogP contribution in [0.5, 0.6) is 0 Å². The molecule has 0 aromatic rings. The fourth-order valence-corrected chi connectivity index (χ4v) is 0.0680. The van der Waals surface area contributed by atoms with Crippen molar-refractivity contribution in [2.45, 2.75) is 6.92 Å². The van der Waals surface area contributed by atoms with Crippen LogP contribution in [0.25, 0.3) is 0 Å². The molecule has 0 unspecified atom stereocenters. The summed E-state index contributed by atoms with van der Waals surface area (Å²) in [6, 6.07) is 0. The molecule has 3 heteroatoms. The van der Waals surface area contributed by atoms with Crippen molar-refractivity contribution >= 4 is 57.9 Å². The first-order chi connectivity index (χ1) is 2.41. The molecule has 0 aliphatic carbocycles. The van der Waals surface area contributed by atoms with E-state index in [0.29, 0.717) is 13.1 Å². The molecular formula is C3H6KO2. The van der Waals surface area contributed by atoms with Gasteiger partial charge < -0.3 is 4.74 Å². The first kappa shape index (κ1) is 10.2. The molecule has 0 bridgehead atoms. The van der Waals surface area contributed by atoms with Crippen molar-refractivity contribution < 1.29 is 9.53 Å². The quantitative estimate of drug-likeness (QED) is 0.366. The van der Waals surface area contributed by atoms with Crippen LogP contribution in [0.4, 0.5) is 0 Å². The third-order valence-electron chi connectivity index (χ3n) is 0.235. The second-order valence-corrected chi connectivity index (χ2v) is 0.552. The molecule has 2 nitrogen and oxygen atoms in total. The summed E-state index contributed by atoms with van der Waals surface area (Å²) in [5.41, 5.74) is 0. The number of carbonyl (C=O) groups excluding carboxylic acids is 1. The maximum Gasteiger partial charge on any atom is 0.293 e. The summed E-state index contributed by atoms with van der Waals surface area (Å²) in [6.07, 6.45) is 0. The molecular weight excluding hydrogens is 107 g/mol. The zero-order valence-electron chi connectivity index (χ0n) is 4.10. The van der Waals surface area contributed by atoms with Crippen LogP contribution >= 0.6 is 0 Å². The minimum Gasteiger partial charge on any atom is -0.468 e. The SMILES string of the molecule is CCOC=O.[K]. The molecule has 0 atom stereocenters. The Balaban J connectivity index is 0. The van der Waals surface area contributed by atoms with Crippen LogP contribution in [0.2, 0.25) is 0 Å². The molecule has 0 saturated carbocycles. The Morgan fingerprint density at radius 1 is 1.83 bits per heavy atom. The van der Waals surface area contributed by atoms with Gasteiger partial charge in [0.2, 0.25) is 0 Å². The average molecular weight is 113 g/mol. The van der Waals surface area contributed by atoms with Gasteiger partial charge in [-0.3, -0.25) is 4.79 Å². The van der Waals surface area contributed by atoms with Gasteiger partial charge in [-0.25, -0.2) is 0 Å². The van der Waals surface area contributed by atoms with Gasteiger partial charge >= 0.3 is 0 Å². The summed E-state index contributed by atoms with van der Waals surface area (Å²) >= 11 is 0. The van der Waals surface area contributed by atoms with E-state index in [-0.39, 0.29) is 51.4 Å². The number of ether oxygens (including phenoxy) is 1. The minimum absolute atomic E-state index is 0. The van der Waals surface area contributed by atoms with E-state index < -0.39 is 0 Å². The molecule has 0 fully saturated rings. The van der Waals surface area contributed by atoms with Crippen LogP contribution in [0, 0.1) is 0 Å². The van der Waals surface area contributed by atoms with Crippen molar-refractivity contribution in [3.63, 3.8) is 0 Å². The smallest absolute Gasteiger partial charge is 0.293 e. The number of rotatable bonds is 2. The summed E-state index contributed by atoms with van der Waals surface area (Å²) in [4.78, 5) is 9.18. The van der Waals surface area contributed by atoms with Gasteiger partial charge in [0.15, 0.2) is 0 Å². The molecule has 0 aliphatic rings. The van der Waals surface area contributed by atoms with E-state index in [0.717, 1.165) is 0 Å². The van der Waals surface area contributed by atoms with E-state index in [1.165, 1.54) is 0 Å². The van der Waals surface area contributed by atoms with Crippen molar-refractivity contribution in [2.24, 2.45) is 0 Å². The summed E-state index contributed by atoms with van der Waals surface area (Å²) < 4.78 is 4.15. The standard InChI is InChI=1S/C3H6O2.K/c1-2-5-3-4;/h3H,2H2,1H3;. The minimum atomic E-state index is 0. The molecule has 31 valence electrons. The van der Waals surface area contributed by atoms with Crippen LogP contribution in [0.15, 0.2) is 0 Å². The second-order valence-electron chi connectivity index (χ2n) is 0.552. The predicted molar refractivity (Wildman–Crippen MR) is 23.4 cm³/mol. The zero-order chi connectivity index (χ0) is 4.12. The average Bonchev–Trinajstić information content (AvgIpc) is 1.41. The van der Waals surface area contributed by atoms with Crippen LogP contribution < -0.4 is 0 Å². The van der Waals surface area contributed by atoms with Crippen molar-refractivity contribution in [1.29, 1.82) is 0 Å². The van der Waals surface area contributed by atoms with E-state index in [4.69, 9.17) is 0 Å². The monoisotopic (exact) mass is 113 g/mol. The van der Waals surface area contributed by atoms with E-state index in [1.54, 1.807) is 6.92 Å². The second kappa shape index (κ2) is 9.44. The Hall–Kier alpha value is 1.11. The van der Waals surface area contributed by atoms with E-state index in [9.17, 15) is 4.79 Å². The van der Waals surface area contributed by atoms with E-state index in [2.05, 4.69) is 4.74 Å². The fraction of sp³-hybridized carbons (Fsp3) is 0.667. The zero-order valence-corrected chi connectivity index (χ0v) is 7.22. The Bertz CT molecular complexity index is 30.0. The van der Waals surface area contributed by atoms with Crippen molar-refractivity contribution in [3.05, 3.63) is 0 Å². The summed E-state index contributed by atoms with van der Waals surface area (Å²) in [5, 5.41) is 0. The molecule has 0 N–H and O–H groups in total. The topological polar surface area (TPSA) is 26.3 Å². The van der Waals surface area contributed by atoms with Crippen molar-refractivity contribution in [2.75, 3.05) is 6.61 Å². The summed E-state index contributed by atoms with van der Waals surface area (Å²) in [6.45, 7) is 2.66. The summed E-state index contributed by atoms with van der Waals surface area (Å²) in [5.74, 6) is 0. The van der Waals surface area contributed by atoms with Crippen molar-refractivity contribution in [1.82, 2.24) is 0 Å². The molecule has 0 amide bonds. The molecule has 6 heavy (non-hydrogen) atoms. The molecule has 0 rings (SSSR count). The molecule has 0 aromatic carbocycles. The number of hydrogen-bond donors (Lipinski definition) is 0. The molecule has 0 heterocycles. The van der Waals surface area contributed by atoms with Gasteiger partial charge in [-0.15, -0.1) is 0 Å². The first-order valence-electron chi connectivity index (χ1n) is 1.47. The van der Waals surface area contributed by atoms with Gasteiger partial charge in [-0.1, -0.05) is 0 Å². The van der Waals surface area contributed by atoms with Crippen molar-refractivity contribution in [3.8, 4) is 0 Å². The normalized spacial score (nSPS) is 5.50. The van der Waals surface area contributed by atoms with Gasteiger partial charge in [-0.05, 0) is 6.92 Å². The maximum atomic E-state index is 9.18. The Morgan fingerprint density at radius 2 is 2.33 bits per heavy atom. The third kappa shape index (κ3) is 8.92. The molecule has 0 spiro atoms. The van der Waals surface area contributed by atoms with E-state index in [1.807, 2.05) is 0 Å². The van der Waals surface area contributed by atoms with Crippen LogP contribution in [-0.2, 0) is 9.53 Å². The van der Waals surface area contributed by atoms with Crippen LogP contribution in [0.3, 0.4) is 0 Å². The summed E-state index contributed by atoms with van der Waals surface area (Å²) in [7, 11) is 0. The number of hydrogen-bond acceptors (Lipinski definition) is 2. The predicted octanol–water partition coefficient (Wildman–Crippen LogP) is -0.202. The van der Waals surface area contributed by atoms with Gasteiger partial charge in [0.25, 0.3) is 6.47 Å². The Morgan fingerprint density at radius 3 is 2.33 bits per heavy atom. The van der Waals surface area contributed by atoms with E-state index >= 15 is 0 Å². The van der Waals surface area contributed by atoms with Gasteiger partial charge in [0, 0.05) is 51.4 Å². The molecule has 0 saturated heterocycles. The largest absolute Gasteiger partial charge is 0.468 e. The van der Waals surface area contributed by atoms with Gasteiger partial charge in [0.1, 0.15) is 0 Å². The maximum absolute atomic E-state index is 9.18. The first-order valence-corrected chi connectivity index (χ1v) is 1.47. The fourth-order valence-electron chi connectivity index (χ4n) is 0.0680. The Labute approximate surface area is 79.7 Å². The molecule has 0 aromatic heterocycles. The molecule has 0 aliphatic heterocycles. The molecule has 1 radical (unpaired) electrons. The Kier molecular flexibility index (Phi) is 16.0. The van der Waals surface area contributed by atoms with Gasteiger partial charge in [0.05, 0.1) is 6.61 Å². The van der Waals surface area contributed by atoms with Gasteiger partial charge in [-0.2, -0.15) is 0 Å².